The smallest absolute Gasteiger partial charge is 0.306 e. The molecule has 1 aliphatic carbocycles. The van der Waals surface area contributed by atoms with Crippen LogP contribution in [0.4, 0.5) is 5.69 Å². The summed E-state index contributed by atoms with van der Waals surface area (Å²) in [7, 11) is 0. The molecule has 5 nitrogen and oxygen atoms in total. The number of carboxylic acids is 1. The Morgan fingerprint density at radius 1 is 1.53 bits per heavy atom. The fraction of sp³-hybridized carbons (Fsp3) is 0.500. The Morgan fingerprint density at radius 3 is 3.05 bits per heavy atom. The Bertz CT molecular complexity index is 496. The van der Waals surface area contributed by atoms with E-state index < -0.39 is 5.97 Å². The molecule has 0 radical (unpaired) electrons. The summed E-state index contributed by atoms with van der Waals surface area (Å²) in [6.07, 6.45) is 5.38. The zero-order valence-corrected chi connectivity index (χ0v) is 10.7. The standard InChI is InChI=1S/C14H17N3O2/c15-8-12-7-11(5-6-16-12)17-9-10-3-1-2-4-13(10)14(18)19/h5-7,10,13H,1-4,9H2,(H,16,17)(H,18,19). The van der Waals surface area contributed by atoms with E-state index in [1.165, 1.54) is 0 Å². The summed E-state index contributed by atoms with van der Waals surface area (Å²) < 4.78 is 0. The molecule has 0 aliphatic heterocycles. The highest BCUT2D eigenvalue weighted by molar-refractivity contribution is 5.70. The third-order valence-corrected chi connectivity index (χ3v) is 3.67. The molecule has 2 unspecified atom stereocenters. The van der Waals surface area contributed by atoms with Crippen molar-refractivity contribution in [3.8, 4) is 6.07 Å². The van der Waals surface area contributed by atoms with Gasteiger partial charge >= 0.3 is 5.97 Å². The Morgan fingerprint density at radius 2 is 2.32 bits per heavy atom. The first-order valence-electron chi connectivity index (χ1n) is 6.53. The van der Waals surface area contributed by atoms with Gasteiger partial charge in [-0.2, -0.15) is 5.26 Å². The van der Waals surface area contributed by atoms with Crippen molar-refractivity contribution >= 4 is 11.7 Å². The van der Waals surface area contributed by atoms with Crippen molar-refractivity contribution in [3.05, 3.63) is 24.0 Å². The molecule has 0 aromatic carbocycles. The van der Waals surface area contributed by atoms with Crippen LogP contribution in [0.3, 0.4) is 0 Å². The van der Waals surface area contributed by atoms with E-state index in [1.54, 1.807) is 18.3 Å². The van der Waals surface area contributed by atoms with E-state index >= 15 is 0 Å². The summed E-state index contributed by atoms with van der Waals surface area (Å²) in [5, 5.41) is 21.2. The van der Waals surface area contributed by atoms with E-state index in [0.717, 1.165) is 31.4 Å². The molecule has 0 saturated heterocycles. The van der Waals surface area contributed by atoms with Gasteiger partial charge in [-0.15, -0.1) is 0 Å². The number of anilines is 1. The van der Waals surface area contributed by atoms with Crippen LogP contribution in [0.1, 0.15) is 31.4 Å². The first-order chi connectivity index (χ1) is 9.20. The fourth-order valence-electron chi connectivity index (χ4n) is 2.63. The van der Waals surface area contributed by atoms with Crippen LogP contribution in [0.15, 0.2) is 18.3 Å². The number of aliphatic carboxylic acids is 1. The number of hydrogen-bond acceptors (Lipinski definition) is 4. The van der Waals surface area contributed by atoms with E-state index in [1.807, 2.05) is 6.07 Å². The van der Waals surface area contributed by atoms with Crippen molar-refractivity contribution in [1.82, 2.24) is 4.98 Å². The molecule has 1 aliphatic rings. The van der Waals surface area contributed by atoms with Crippen LogP contribution in [0, 0.1) is 23.2 Å². The largest absolute Gasteiger partial charge is 0.481 e. The summed E-state index contributed by atoms with van der Waals surface area (Å²) in [6.45, 7) is 0.631. The van der Waals surface area contributed by atoms with Gasteiger partial charge in [-0.25, -0.2) is 4.98 Å². The van der Waals surface area contributed by atoms with Gasteiger partial charge in [0.1, 0.15) is 11.8 Å². The second kappa shape index (κ2) is 6.19. The quantitative estimate of drug-likeness (QED) is 0.866. The molecule has 2 N–H and O–H groups in total. The van der Waals surface area contributed by atoms with Gasteiger partial charge in [-0.3, -0.25) is 4.79 Å². The second-order valence-electron chi connectivity index (χ2n) is 4.91. The molecule has 2 atom stereocenters. The number of nitriles is 1. The fourth-order valence-corrected chi connectivity index (χ4v) is 2.63. The number of hydrogen-bond donors (Lipinski definition) is 2. The lowest BCUT2D eigenvalue weighted by molar-refractivity contribution is -0.144. The van der Waals surface area contributed by atoms with Crippen LogP contribution in [0.25, 0.3) is 0 Å². The molecular formula is C14H17N3O2. The number of nitrogens with one attached hydrogen (secondary N) is 1. The summed E-state index contributed by atoms with van der Waals surface area (Å²) in [6, 6.07) is 5.46. The molecule has 2 rings (SSSR count). The molecule has 0 amide bonds. The van der Waals surface area contributed by atoms with Crippen molar-refractivity contribution in [3.63, 3.8) is 0 Å². The lowest BCUT2D eigenvalue weighted by Crippen LogP contribution is -2.31. The van der Waals surface area contributed by atoms with Gasteiger partial charge in [0.2, 0.25) is 0 Å². The Labute approximate surface area is 112 Å². The summed E-state index contributed by atoms with van der Waals surface area (Å²) >= 11 is 0. The number of carboxylic acid groups (broad SMARTS) is 1. The number of pyridine rings is 1. The van der Waals surface area contributed by atoms with Crippen LogP contribution in [0.2, 0.25) is 0 Å². The minimum atomic E-state index is -0.695. The minimum absolute atomic E-state index is 0.157. The average molecular weight is 259 g/mol. The molecule has 100 valence electrons. The van der Waals surface area contributed by atoms with Crippen LogP contribution < -0.4 is 5.32 Å². The molecule has 1 heterocycles. The van der Waals surface area contributed by atoms with E-state index in [4.69, 9.17) is 5.26 Å². The van der Waals surface area contributed by atoms with E-state index in [9.17, 15) is 9.90 Å². The van der Waals surface area contributed by atoms with E-state index in [-0.39, 0.29) is 11.8 Å². The van der Waals surface area contributed by atoms with Crippen molar-refractivity contribution in [2.24, 2.45) is 11.8 Å². The van der Waals surface area contributed by atoms with Crippen LogP contribution in [-0.2, 0) is 4.79 Å². The molecule has 1 fully saturated rings. The Balaban J connectivity index is 1.96. The van der Waals surface area contributed by atoms with Gasteiger partial charge in [-0.1, -0.05) is 12.8 Å². The topological polar surface area (TPSA) is 86.0 Å². The minimum Gasteiger partial charge on any atom is -0.481 e. The van der Waals surface area contributed by atoms with E-state index in [0.29, 0.717) is 12.2 Å². The van der Waals surface area contributed by atoms with Gasteiger partial charge in [-0.05, 0) is 30.9 Å². The Hall–Kier alpha value is -2.09. The van der Waals surface area contributed by atoms with Gasteiger partial charge in [0.05, 0.1) is 5.92 Å². The maximum Gasteiger partial charge on any atom is 0.306 e. The predicted molar refractivity (Wildman–Crippen MR) is 70.5 cm³/mol. The molecular weight excluding hydrogens is 242 g/mol. The van der Waals surface area contributed by atoms with Gasteiger partial charge < -0.3 is 10.4 Å². The molecule has 5 heteroatoms. The van der Waals surface area contributed by atoms with Crippen molar-refractivity contribution in [2.45, 2.75) is 25.7 Å². The van der Waals surface area contributed by atoms with Crippen molar-refractivity contribution in [2.75, 3.05) is 11.9 Å². The maximum absolute atomic E-state index is 11.2. The van der Waals surface area contributed by atoms with Gasteiger partial charge in [0.15, 0.2) is 0 Å². The molecule has 1 saturated carbocycles. The summed E-state index contributed by atoms with van der Waals surface area (Å²) in [5.74, 6) is -0.789. The molecule has 1 aromatic rings. The average Bonchev–Trinajstić information content (AvgIpc) is 2.45. The van der Waals surface area contributed by atoms with Crippen molar-refractivity contribution in [1.29, 1.82) is 5.26 Å². The monoisotopic (exact) mass is 259 g/mol. The molecule has 0 bridgehead atoms. The lowest BCUT2D eigenvalue weighted by Gasteiger charge is -2.28. The van der Waals surface area contributed by atoms with Crippen molar-refractivity contribution < 1.29 is 9.90 Å². The SMILES string of the molecule is N#Cc1cc(NCC2CCCCC2C(=O)O)ccn1. The highest BCUT2D eigenvalue weighted by atomic mass is 16.4. The highest BCUT2D eigenvalue weighted by Gasteiger charge is 2.30. The Kier molecular flexibility index (Phi) is 4.35. The zero-order chi connectivity index (χ0) is 13.7. The first kappa shape index (κ1) is 13.3. The number of aromatic nitrogens is 1. The van der Waals surface area contributed by atoms with Crippen LogP contribution in [-0.4, -0.2) is 22.6 Å². The third-order valence-electron chi connectivity index (χ3n) is 3.67. The van der Waals surface area contributed by atoms with Crippen LogP contribution >= 0.6 is 0 Å². The number of nitrogens with zero attached hydrogens (tertiary/aromatic N) is 2. The third kappa shape index (κ3) is 3.44. The zero-order valence-electron chi connectivity index (χ0n) is 10.7. The molecule has 0 spiro atoms. The molecule has 1 aromatic heterocycles. The van der Waals surface area contributed by atoms with E-state index in [2.05, 4.69) is 10.3 Å². The number of carbonyl (C=O) groups is 1. The molecule has 19 heavy (non-hydrogen) atoms. The highest BCUT2D eigenvalue weighted by Crippen LogP contribution is 2.30. The van der Waals surface area contributed by atoms with Gasteiger partial charge in [0.25, 0.3) is 0 Å². The first-order valence-corrected chi connectivity index (χ1v) is 6.53. The number of rotatable bonds is 4. The summed E-state index contributed by atoms with van der Waals surface area (Å²) in [4.78, 5) is 15.1. The lowest BCUT2D eigenvalue weighted by atomic mass is 9.79. The van der Waals surface area contributed by atoms with Gasteiger partial charge in [0, 0.05) is 18.4 Å². The maximum atomic E-state index is 11.2. The predicted octanol–water partition coefficient (Wildman–Crippen LogP) is 2.26. The second-order valence-corrected chi connectivity index (χ2v) is 4.91. The normalized spacial score (nSPS) is 22.5. The van der Waals surface area contributed by atoms with Crippen LogP contribution in [0.5, 0.6) is 0 Å². The summed E-state index contributed by atoms with van der Waals surface area (Å²) in [5.41, 5.74) is 1.18.